The molecule has 52 heavy (non-hydrogen) atoms. The van der Waals surface area contributed by atoms with Gasteiger partial charge in [0.25, 0.3) is 0 Å². The first kappa shape index (κ1) is 43.1. The van der Waals surface area contributed by atoms with Crippen molar-refractivity contribution in [1.29, 1.82) is 0 Å². The second-order valence-corrected chi connectivity index (χ2v) is 19.2. The predicted octanol–water partition coefficient (Wildman–Crippen LogP) is 6.35. The number of ether oxygens (including phenoxy) is 1. The number of unbranched alkanes of at least 4 members (excludes halogenated alkanes) is 3. The average molecular weight is 750 g/mol. The zero-order valence-corrected chi connectivity index (χ0v) is 35.4. The summed E-state index contributed by atoms with van der Waals surface area (Å²) in [4.78, 5) is 23.7. The van der Waals surface area contributed by atoms with E-state index in [-0.39, 0.29) is 18.0 Å². The van der Waals surface area contributed by atoms with E-state index < -0.39 is 32.4 Å². The Kier molecular flexibility index (Phi) is 15.2. The van der Waals surface area contributed by atoms with Gasteiger partial charge in [-0.1, -0.05) is 82.1 Å². The molecule has 6 N–H and O–H groups in total. The van der Waals surface area contributed by atoms with Crippen LogP contribution in [0.4, 0.5) is 11.8 Å². The van der Waals surface area contributed by atoms with Crippen LogP contribution in [0.25, 0.3) is 11.2 Å². The van der Waals surface area contributed by atoms with Gasteiger partial charge in [-0.2, -0.15) is 0 Å². The first-order valence-electron chi connectivity index (χ1n) is 20.3. The van der Waals surface area contributed by atoms with E-state index in [0.29, 0.717) is 71.0 Å². The van der Waals surface area contributed by atoms with Crippen molar-refractivity contribution in [1.82, 2.24) is 24.8 Å². The van der Waals surface area contributed by atoms with Gasteiger partial charge in [0.2, 0.25) is 0 Å². The normalized spacial score (nSPS) is 28.2. The number of fused-ring (bicyclic) bond motifs is 2. The summed E-state index contributed by atoms with van der Waals surface area (Å²) < 4.78 is 19.2. The Morgan fingerprint density at radius 3 is 2.10 bits per heavy atom. The van der Waals surface area contributed by atoms with Gasteiger partial charge in [0, 0.05) is 5.54 Å². The van der Waals surface area contributed by atoms with Gasteiger partial charge in [-0.15, -0.1) is 0 Å². The summed E-state index contributed by atoms with van der Waals surface area (Å²) in [7, 11) is -1.79. The van der Waals surface area contributed by atoms with Crippen molar-refractivity contribution >= 4 is 38.3 Å². The summed E-state index contributed by atoms with van der Waals surface area (Å²) in [5.41, 5.74) is 7.11. The summed E-state index contributed by atoms with van der Waals surface area (Å²) in [6, 6.07) is 0. The molecule has 0 aromatic carbocycles. The van der Waals surface area contributed by atoms with Gasteiger partial charge in [-0.25, -0.2) is 0 Å². The standard InChI is InChI=1S/C38H73BN7O5P/c1-12-22(3)24(5)26(7)28(9)38(11,29(10)27(8)25(6)23(4)13-2)44-19-17-15-14-16-18-41-37-45-31-34(40)42-21-43-35(31)46(37)36-32(47)33-30(50-36)20-49-52(39,48)51-33/h21-30,32-33,36,44,47-48,52H,12-20,39H2,1-11H3,(H,41,45)(H2,40,42,43)/t22?,23?,24?,25?,26?,27?,28?,29?,30-,32+,33+,36-,38?/m1/s1. The molecule has 0 saturated carbocycles. The van der Waals surface area contributed by atoms with Gasteiger partial charge in [0.15, 0.2) is 0 Å². The molecule has 0 amide bonds. The minimum atomic E-state index is -3.33. The maximum atomic E-state index is 11.3. The SMILES string of the molecule is B[PH]1(O)OC[C@H]2O[C@@H](n3c(NCCCCCCNC(C)(C(C)C(C)C(C)C(C)CC)C(C)C(C)C(C)C(C)CC)nc4c(N)ncnc43)[C@@H](O)[C@H]2O1. The first-order valence-corrected chi connectivity index (χ1v) is 22.6. The summed E-state index contributed by atoms with van der Waals surface area (Å²) in [6.07, 6.45) is 4.93. The minimum absolute atomic E-state index is 0.0349. The fourth-order valence-electron chi connectivity index (χ4n) is 8.71. The molecule has 12 atom stereocenters. The molecule has 8 unspecified atom stereocenters. The summed E-state index contributed by atoms with van der Waals surface area (Å²) in [6.45, 7) is 28.7. The number of nitrogens with one attached hydrogen (secondary N) is 2. The Bertz CT molecular complexity index is 1390. The molecular formula is C38H73BN7O5P. The van der Waals surface area contributed by atoms with E-state index in [9.17, 15) is 10.00 Å². The van der Waals surface area contributed by atoms with Gasteiger partial charge < -0.3 is 5.32 Å². The molecule has 4 heterocycles. The Hall–Kier alpha value is -1.60. The maximum absolute atomic E-state index is 11.3. The zero-order valence-electron chi connectivity index (χ0n) is 34.4. The molecule has 0 aliphatic carbocycles. The molecule has 2 aliphatic heterocycles. The Labute approximate surface area is 315 Å². The molecule has 14 heteroatoms. The first-order chi connectivity index (χ1) is 24.5. The predicted molar refractivity (Wildman–Crippen MR) is 217 cm³/mol. The van der Waals surface area contributed by atoms with Crippen molar-refractivity contribution in [2.75, 3.05) is 30.7 Å². The van der Waals surface area contributed by atoms with Crippen LogP contribution in [0.15, 0.2) is 6.33 Å². The van der Waals surface area contributed by atoms with Gasteiger partial charge in [-0.05, 0) is 60.8 Å². The molecular weight excluding hydrogens is 676 g/mol. The number of anilines is 2. The number of rotatable bonds is 20. The third-order valence-corrected chi connectivity index (χ3v) is 15.5. The van der Waals surface area contributed by atoms with Crippen LogP contribution in [0, 0.1) is 47.3 Å². The Morgan fingerprint density at radius 1 is 0.942 bits per heavy atom. The van der Waals surface area contributed by atoms with E-state index in [0.717, 1.165) is 32.2 Å². The zero-order chi connectivity index (χ0) is 38.5. The molecule has 12 nitrogen and oxygen atoms in total. The van der Waals surface area contributed by atoms with E-state index in [1.807, 2.05) is 0 Å². The van der Waals surface area contributed by atoms with E-state index in [2.05, 4.69) is 96.8 Å². The number of nitrogens with zero attached hydrogens (tertiary/aromatic N) is 4. The molecule has 0 spiro atoms. The third kappa shape index (κ3) is 9.43. The molecule has 2 aromatic heterocycles. The second-order valence-electron chi connectivity index (χ2n) is 16.9. The number of aliphatic hydroxyl groups excluding tert-OH is 1. The molecule has 298 valence electrons. The van der Waals surface area contributed by atoms with Crippen molar-refractivity contribution < 1.29 is 23.8 Å². The van der Waals surface area contributed by atoms with Crippen molar-refractivity contribution in [3.8, 4) is 0 Å². The van der Waals surface area contributed by atoms with Crippen LogP contribution in [0.5, 0.6) is 0 Å². The quantitative estimate of drug-likeness (QED) is 0.0583. The molecule has 0 bridgehead atoms. The van der Waals surface area contributed by atoms with Crippen LogP contribution in [-0.2, 0) is 13.8 Å². The van der Waals surface area contributed by atoms with Crippen molar-refractivity contribution in [2.45, 2.75) is 145 Å². The summed E-state index contributed by atoms with van der Waals surface area (Å²) in [5, 5.41) is 18.9. The van der Waals surface area contributed by atoms with Crippen molar-refractivity contribution in [3.05, 3.63) is 6.33 Å². The van der Waals surface area contributed by atoms with Crippen LogP contribution in [-0.4, -0.2) is 80.6 Å². The molecule has 2 aliphatic rings. The van der Waals surface area contributed by atoms with Crippen LogP contribution < -0.4 is 16.4 Å². The monoisotopic (exact) mass is 750 g/mol. The van der Waals surface area contributed by atoms with Gasteiger partial charge in [0.05, 0.1) is 0 Å². The number of imidazole rings is 1. The Morgan fingerprint density at radius 2 is 1.52 bits per heavy atom. The average Bonchev–Trinajstić information content (AvgIpc) is 3.65. The third-order valence-electron chi connectivity index (χ3n) is 14.0. The van der Waals surface area contributed by atoms with E-state index in [1.165, 1.54) is 19.2 Å². The number of nitrogens with two attached hydrogens (primary N) is 1. The number of nitrogen functional groups attached to an aromatic ring is 1. The van der Waals surface area contributed by atoms with Gasteiger partial charge in [-0.3, -0.25) is 0 Å². The fourth-order valence-corrected chi connectivity index (χ4v) is 10.0. The van der Waals surface area contributed by atoms with Crippen molar-refractivity contribution in [2.24, 2.45) is 47.3 Å². The molecule has 2 saturated heterocycles. The van der Waals surface area contributed by atoms with E-state index in [1.54, 1.807) is 12.1 Å². The number of hydrogen-bond acceptors (Lipinski definition) is 11. The van der Waals surface area contributed by atoms with Crippen LogP contribution in [0.2, 0.25) is 0 Å². The van der Waals surface area contributed by atoms with Crippen LogP contribution >= 0.6 is 7.82 Å². The number of hydrogen-bond donors (Lipinski definition) is 5. The van der Waals surface area contributed by atoms with E-state index in [4.69, 9.17) is 24.5 Å². The molecule has 2 fully saturated rings. The summed E-state index contributed by atoms with van der Waals surface area (Å²) in [5.74, 6) is 5.85. The number of aromatic nitrogens is 4. The number of aliphatic hydroxyl groups is 1. The Balaban J connectivity index is 1.36. The molecule has 2 aromatic rings. The molecule has 4 rings (SSSR count). The van der Waals surface area contributed by atoms with Gasteiger partial charge >= 0.3 is 162 Å². The van der Waals surface area contributed by atoms with Gasteiger partial charge in [0.1, 0.15) is 0 Å². The van der Waals surface area contributed by atoms with E-state index >= 15 is 0 Å². The summed E-state index contributed by atoms with van der Waals surface area (Å²) >= 11 is 0. The van der Waals surface area contributed by atoms with Crippen LogP contribution in [0.3, 0.4) is 0 Å². The topological polar surface area (TPSA) is 162 Å². The van der Waals surface area contributed by atoms with Crippen molar-refractivity contribution in [3.63, 3.8) is 0 Å². The molecule has 0 radical (unpaired) electrons. The van der Waals surface area contributed by atoms with Crippen LogP contribution in [0.1, 0.15) is 121 Å². The second kappa shape index (κ2) is 18.4. The fraction of sp³-hybridized carbons (Fsp3) is 0.868.